The second kappa shape index (κ2) is 3.14. The number of pyridine rings is 1. The van der Waals surface area contributed by atoms with Gasteiger partial charge in [0.15, 0.2) is 0 Å². The smallest absolute Gasteiger partial charge is 0.200 e. The molecule has 0 saturated heterocycles. The Morgan fingerprint density at radius 3 is 2.71 bits per heavy atom. The minimum Gasteiger partial charge on any atom is -0.369 e. The first-order chi connectivity index (χ1) is 6.70. The highest BCUT2D eigenvalue weighted by Gasteiger charge is 2.10. The van der Waals surface area contributed by atoms with E-state index in [0.717, 1.165) is 17.0 Å². The Balaban J connectivity index is 2.62. The summed E-state index contributed by atoms with van der Waals surface area (Å²) in [5, 5.41) is 0. The molecule has 0 unspecified atom stereocenters. The fourth-order valence-corrected chi connectivity index (χ4v) is 1.56. The van der Waals surface area contributed by atoms with Gasteiger partial charge in [-0.15, -0.1) is 0 Å². The third-order valence-corrected chi connectivity index (χ3v) is 2.24. The Hall–Kier alpha value is -1.84. The Labute approximate surface area is 82.4 Å². The molecule has 72 valence electrons. The highest BCUT2D eigenvalue weighted by molar-refractivity contribution is 5.63. The van der Waals surface area contributed by atoms with Crippen LogP contribution in [0.15, 0.2) is 24.5 Å². The largest absolute Gasteiger partial charge is 0.369 e. The number of aryl methyl sites for hydroxylation is 1. The number of nitrogen functional groups attached to an aromatic ring is 1. The first-order valence-corrected chi connectivity index (χ1v) is 4.39. The Morgan fingerprint density at radius 2 is 2.21 bits per heavy atom. The molecule has 0 radical (unpaired) electrons. The van der Waals surface area contributed by atoms with Crippen LogP contribution in [0.4, 0.5) is 5.95 Å². The van der Waals surface area contributed by atoms with Gasteiger partial charge in [-0.2, -0.15) is 0 Å². The number of rotatable bonds is 1. The van der Waals surface area contributed by atoms with E-state index in [1.165, 1.54) is 0 Å². The highest BCUT2D eigenvalue weighted by Crippen LogP contribution is 2.23. The van der Waals surface area contributed by atoms with Crippen LogP contribution in [0.5, 0.6) is 0 Å². The zero-order valence-electron chi connectivity index (χ0n) is 8.23. The van der Waals surface area contributed by atoms with Crippen LogP contribution in [0, 0.1) is 6.92 Å². The SMILES string of the molecule is Cc1nc(N)n(C)c1-c1cccnc1. The summed E-state index contributed by atoms with van der Waals surface area (Å²) in [5.74, 6) is 0.529. The quantitative estimate of drug-likeness (QED) is 0.735. The van der Waals surface area contributed by atoms with E-state index in [-0.39, 0.29) is 0 Å². The monoisotopic (exact) mass is 188 g/mol. The van der Waals surface area contributed by atoms with Crippen LogP contribution in [0.3, 0.4) is 0 Å². The van der Waals surface area contributed by atoms with Gasteiger partial charge >= 0.3 is 0 Å². The van der Waals surface area contributed by atoms with E-state index in [0.29, 0.717) is 5.95 Å². The molecule has 0 bridgehead atoms. The molecule has 2 heterocycles. The molecular formula is C10H12N4. The molecule has 0 amide bonds. The van der Waals surface area contributed by atoms with Gasteiger partial charge in [0.25, 0.3) is 0 Å². The Kier molecular flexibility index (Phi) is 1.96. The van der Waals surface area contributed by atoms with Gasteiger partial charge in [0.05, 0.1) is 11.4 Å². The molecule has 0 spiro atoms. The molecule has 4 nitrogen and oxygen atoms in total. The van der Waals surface area contributed by atoms with Crippen molar-refractivity contribution in [3.05, 3.63) is 30.2 Å². The lowest BCUT2D eigenvalue weighted by Gasteiger charge is -2.03. The molecule has 0 saturated carbocycles. The van der Waals surface area contributed by atoms with Gasteiger partial charge in [-0.3, -0.25) is 4.98 Å². The number of imidazole rings is 1. The minimum absolute atomic E-state index is 0.529. The molecule has 0 aliphatic rings. The summed E-state index contributed by atoms with van der Waals surface area (Å²) >= 11 is 0. The normalized spacial score (nSPS) is 10.4. The lowest BCUT2D eigenvalue weighted by atomic mass is 10.2. The zero-order chi connectivity index (χ0) is 10.1. The van der Waals surface area contributed by atoms with Gasteiger partial charge in [0.1, 0.15) is 0 Å². The molecule has 0 aliphatic heterocycles. The lowest BCUT2D eigenvalue weighted by Crippen LogP contribution is -1.98. The molecule has 14 heavy (non-hydrogen) atoms. The van der Waals surface area contributed by atoms with E-state index in [4.69, 9.17) is 5.73 Å². The van der Waals surface area contributed by atoms with Crippen molar-refractivity contribution in [2.24, 2.45) is 7.05 Å². The van der Waals surface area contributed by atoms with Gasteiger partial charge in [0.2, 0.25) is 5.95 Å². The molecule has 2 aromatic rings. The molecule has 2 rings (SSSR count). The van der Waals surface area contributed by atoms with Crippen LogP contribution in [0.2, 0.25) is 0 Å². The summed E-state index contributed by atoms with van der Waals surface area (Å²) in [6.07, 6.45) is 3.56. The highest BCUT2D eigenvalue weighted by atomic mass is 15.1. The Morgan fingerprint density at radius 1 is 1.43 bits per heavy atom. The number of aromatic nitrogens is 3. The number of anilines is 1. The van der Waals surface area contributed by atoms with E-state index in [1.807, 2.05) is 36.9 Å². The van der Waals surface area contributed by atoms with Crippen LogP contribution in [-0.2, 0) is 7.05 Å². The molecule has 0 aromatic carbocycles. The van der Waals surface area contributed by atoms with Gasteiger partial charge in [-0.1, -0.05) is 0 Å². The molecule has 4 heteroatoms. The van der Waals surface area contributed by atoms with E-state index in [9.17, 15) is 0 Å². The van der Waals surface area contributed by atoms with E-state index >= 15 is 0 Å². The molecular weight excluding hydrogens is 176 g/mol. The maximum atomic E-state index is 5.71. The predicted octanol–water partition coefficient (Wildman–Crippen LogP) is 1.37. The van der Waals surface area contributed by atoms with Crippen molar-refractivity contribution >= 4 is 5.95 Å². The average molecular weight is 188 g/mol. The van der Waals surface area contributed by atoms with Crippen LogP contribution in [0.1, 0.15) is 5.69 Å². The minimum atomic E-state index is 0.529. The standard InChI is InChI=1S/C10H12N4/c1-7-9(14(2)10(11)13-7)8-4-3-5-12-6-8/h3-6H,1-2H3,(H2,11,13). The maximum Gasteiger partial charge on any atom is 0.200 e. The van der Waals surface area contributed by atoms with Crippen molar-refractivity contribution in [1.29, 1.82) is 0 Å². The van der Waals surface area contributed by atoms with Crippen LogP contribution >= 0.6 is 0 Å². The second-order valence-corrected chi connectivity index (χ2v) is 3.20. The van der Waals surface area contributed by atoms with Crippen molar-refractivity contribution in [3.8, 4) is 11.3 Å². The van der Waals surface area contributed by atoms with Gasteiger partial charge in [0, 0.05) is 25.0 Å². The third-order valence-electron chi connectivity index (χ3n) is 2.24. The Bertz CT molecular complexity index is 445. The molecule has 2 aromatic heterocycles. The third kappa shape index (κ3) is 1.25. The van der Waals surface area contributed by atoms with Gasteiger partial charge in [-0.25, -0.2) is 4.98 Å². The van der Waals surface area contributed by atoms with Crippen molar-refractivity contribution in [1.82, 2.24) is 14.5 Å². The van der Waals surface area contributed by atoms with E-state index in [2.05, 4.69) is 9.97 Å². The van der Waals surface area contributed by atoms with E-state index < -0.39 is 0 Å². The topological polar surface area (TPSA) is 56.7 Å². The van der Waals surface area contributed by atoms with Crippen molar-refractivity contribution in [2.75, 3.05) is 5.73 Å². The summed E-state index contributed by atoms with van der Waals surface area (Å²) in [6, 6.07) is 3.90. The number of hydrogen-bond donors (Lipinski definition) is 1. The summed E-state index contributed by atoms with van der Waals surface area (Å²) in [6.45, 7) is 1.94. The summed E-state index contributed by atoms with van der Waals surface area (Å²) in [7, 11) is 1.90. The summed E-state index contributed by atoms with van der Waals surface area (Å²) in [5.41, 5.74) is 8.70. The first-order valence-electron chi connectivity index (χ1n) is 4.39. The molecule has 0 aliphatic carbocycles. The van der Waals surface area contributed by atoms with Crippen LogP contribution in [0.25, 0.3) is 11.3 Å². The predicted molar refractivity (Wildman–Crippen MR) is 55.6 cm³/mol. The summed E-state index contributed by atoms with van der Waals surface area (Å²) in [4.78, 5) is 8.27. The zero-order valence-corrected chi connectivity index (χ0v) is 8.23. The lowest BCUT2D eigenvalue weighted by molar-refractivity contribution is 0.936. The maximum absolute atomic E-state index is 5.71. The second-order valence-electron chi connectivity index (χ2n) is 3.20. The average Bonchev–Trinajstić information content (AvgIpc) is 2.43. The van der Waals surface area contributed by atoms with Crippen molar-refractivity contribution in [2.45, 2.75) is 6.92 Å². The fraction of sp³-hybridized carbons (Fsp3) is 0.200. The molecule has 2 N–H and O–H groups in total. The molecule has 0 fully saturated rings. The number of nitrogens with zero attached hydrogens (tertiary/aromatic N) is 3. The summed E-state index contributed by atoms with van der Waals surface area (Å²) < 4.78 is 1.87. The van der Waals surface area contributed by atoms with E-state index in [1.54, 1.807) is 6.20 Å². The first kappa shape index (κ1) is 8.74. The van der Waals surface area contributed by atoms with Gasteiger partial charge in [-0.05, 0) is 19.1 Å². The molecule has 0 atom stereocenters. The van der Waals surface area contributed by atoms with Crippen molar-refractivity contribution in [3.63, 3.8) is 0 Å². The van der Waals surface area contributed by atoms with Crippen LogP contribution in [-0.4, -0.2) is 14.5 Å². The van der Waals surface area contributed by atoms with Crippen molar-refractivity contribution < 1.29 is 0 Å². The fourth-order valence-electron chi connectivity index (χ4n) is 1.56. The van der Waals surface area contributed by atoms with Crippen LogP contribution < -0.4 is 5.73 Å². The van der Waals surface area contributed by atoms with Gasteiger partial charge < -0.3 is 10.3 Å². The number of hydrogen-bond acceptors (Lipinski definition) is 3. The number of nitrogens with two attached hydrogens (primary N) is 1.